The summed E-state index contributed by atoms with van der Waals surface area (Å²) < 4.78 is 6.41. The Balaban J connectivity index is 0.975. The van der Waals surface area contributed by atoms with Crippen LogP contribution in [0.1, 0.15) is 48.3 Å². The zero-order valence-electron chi connectivity index (χ0n) is 18.5. The zero-order chi connectivity index (χ0) is 21.4. The minimum Gasteiger partial charge on any atom is -0.373 e. The predicted octanol–water partition coefficient (Wildman–Crippen LogP) is 4.13. The molecular weight excluding hydrogens is 398 g/mol. The minimum absolute atomic E-state index is 0.0841. The highest BCUT2D eigenvalue weighted by Crippen LogP contribution is 2.43. The molecule has 4 aliphatic rings. The molecule has 3 fully saturated rings. The van der Waals surface area contributed by atoms with E-state index >= 15 is 0 Å². The van der Waals surface area contributed by atoms with Gasteiger partial charge in [0.2, 0.25) is 0 Å². The standard InChI is InChI=1S/C26H31N5O/c1-2-4-20(5-3-1)23-14-24(23)29-22-15-26(32-17-22)10-12-31(13-11-26)16-19-6-8-21(9-7-19)25-27-18-28-30-25/h1-9,22-24,29H,10-18H2/t22?,23-,24+/m0/s1. The Morgan fingerprint density at radius 3 is 2.59 bits per heavy atom. The van der Waals surface area contributed by atoms with Gasteiger partial charge in [0.1, 0.15) is 0 Å². The molecule has 2 aromatic carbocycles. The maximum absolute atomic E-state index is 6.41. The fourth-order valence-corrected chi connectivity index (χ4v) is 5.56. The van der Waals surface area contributed by atoms with E-state index in [-0.39, 0.29) is 5.60 Å². The molecule has 166 valence electrons. The van der Waals surface area contributed by atoms with Gasteiger partial charge in [0, 0.05) is 43.2 Å². The normalized spacial score (nSPS) is 28.9. The number of rotatable bonds is 6. The number of piperidine rings is 1. The molecule has 6 heteroatoms. The van der Waals surface area contributed by atoms with Crippen LogP contribution in [-0.2, 0) is 11.3 Å². The van der Waals surface area contributed by atoms with E-state index in [1.165, 1.54) is 17.5 Å². The highest BCUT2D eigenvalue weighted by atomic mass is 16.5. The van der Waals surface area contributed by atoms with Gasteiger partial charge in [-0.3, -0.25) is 4.90 Å². The molecular formula is C26H31N5O. The van der Waals surface area contributed by atoms with Crippen LogP contribution in [0.3, 0.4) is 0 Å². The van der Waals surface area contributed by atoms with E-state index in [0.717, 1.165) is 56.9 Å². The molecule has 32 heavy (non-hydrogen) atoms. The van der Waals surface area contributed by atoms with Crippen LogP contribution < -0.4 is 5.32 Å². The molecule has 0 amide bonds. The number of nitrogens with one attached hydrogen (secondary N) is 1. The smallest absolute Gasteiger partial charge is 0.178 e. The Morgan fingerprint density at radius 1 is 1.03 bits per heavy atom. The monoisotopic (exact) mass is 429 g/mol. The van der Waals surface area contributed by atoms with Crippen molar-refractivity contribution in [3.8, 4) is 0 Å². The van der Waals surface area contributed by atoms with Gasteiger partial charge < -0.3 is 10.1 Å². The Bertz CT molecular complexity index is 995. The Labute approximate surface area is 189 Å². The molecule has 3 aliphatic heterocycles. The molecule has 0 aromatic heterocycles. The largest absolute Gasteiger partial charge is 0.373 e. The van der Waals surface area contributed by atoms with Crippen LogP contribution in [-0.4, -0.2) is 54.8 Å². The number of likely N-dealkylation sites (tertiary alicyclic amines) is 1. The fourth-order valence-electron chi connectivity index (χ4n) is 5.56. The van der Waals surface area contributed by atoms with E-state index in [9.17, 15) is 0 Å². The van der Waals surface area contributed by atoms with E-state index in [0.29, 0.717) is 24.7 Å². The molecule has 1 aliphatic carbocycles. The summed E-state index contributed by atoms with van der Waals surface area (Å²) in [6, 6.07) is 20.7. The van der Waals surface area contributed by atoms with E-state index in [2.05, 4.69) is 80.0 Å². The van der Waals surface area contributed by atoms with Crippen LogP contribution in [0.25, 0.3) is 0 Å². The molecule has 3 heterocycles. The number of hydrogen-bond donors (Lipinski definition) is 1. The summed E-state index contributed by atoms with van der Waals surface area (Å²) in [5, 5.41) is 11.9. The molecule has 6 rings (SSSR count). The second kappa shape index (κ2) is 8.50. The molecule has 0 bridgehead atoms. The SMILES string of the molecule is c1ccc([C@@H]2C[C@H]2NC2COC3(CCN(Cc4ccc(C5=NCN=N5)cc4)CC3)C2)cc1. The third kappa shape index (κ3) is 4.27. The maximum Gasteiger partial charge on any atom is 0.178 e. The minimum atomic E-state index is 0.0841. The van der Waals surface area contributed by atoms with E-state index in [1.807, 2.05) is 0 Å². The van der Waals surface area contributed by atoms with E-state index in [4.69, 9.17) is 4.74 Å². The van der Waals surface area contributed by atoms with Crippen molar-refractivity contribution in [2.45, 2.75) is 55.8 Å². The van der Waals surface area contributed by atoms with Gasteiger partial charge in [0.15, 0.2) is 12.5 Å². The molecule has 1 N–H and O–H groups in total. The summed E-state index contributed by atoms with van der Waals surface area (Å²) in [7, 11) is 0. The fraction of sp³-hybridized carbons (Fsp3) is 0.500. The first kappa shape index (κ1) is 20.2. The average Bonchev–Trinajstić information content (AvgIpc) is 3.20. The lowest BCUT2D eigenvalue weighted by atomic mass is 9.87. The van der Waals surface area contributed by atoms with Crippen molar-refractivity contribution in [3.63, 3.8) is 0 Å². The van der Waals surface area contributed by atoms with Gasteiger partial charge in [-0.15, -0.1) is 5.11 Å². The lowest BCUT2D eigenvalue weighted by Gasteiger charge is -2.38. The maximum atomic E-state index is 6.41. The Kier molecular flexibility index (Phi) is 5.37. The van der Waals surface area contributed by atoms with Gasteiger partial charge in [0.05, 0.1) is 12.2 Å². The van der Waals surface area contributed by atoms with Gasteiger partial charge in [-0.1, -0.05) is 54.6 Å². The predicted molar refractivity (Wildman–Crippen MR) is 125 cm³/mol. The Morgan fingerprint density at radius 2 is 1.84 bits per heavy atom. The van der Waals surface area contributed by atoms with Gasteiger partial charge in [0.25, 0.3) is 0 Å². The van der Waals surface area contributed by atoms with Crippen molar-refractivity contribution in [1.82, 2.24) is 10.2 Å². The van der Waals surface area contributed by atoms with E-state index in [1.54, 1.807) is 0 Å². The molecule has 2 aromatic rings. The van der Waals surface area contributed by atoms with Crippen LogP contribution >= 0.6 is 0 Å². The Hall–Kier alpha value is -2.41. The summed E-state index contributed by atoms with van der Waals surface area (Å²) in [4.78, 5) is 6.85. The topological polar surface area (TPSA) is 61.6 Å². The second-order valence-electron chi connectivity index (χ2n) is 9.76. The van der Waals surface area contributed by atoms with Crippen LogP contribution in [0.2, 0.25) is 0 Å². The van der Waals surface area contributed by atoms with Gasteiger partial charge in [-0.05, 0) is 36.8 Å². The summed E-state index contributed by atoms with van der Waals surface area (Å²) in [6.45, 7) is 4.52. The second-order valence-corrected chi connectivity index (χ2v) is 9.76. The molecule has 1 saturated carbocycles. The zero-order valence-corrected chi connectivity index (χ0v) is 18.5. The molecule has 3 atom stereocenters. The van der Waals surface area contributed by atoms with Crippen molar-refractivity contribution < 1.29 is 4.74 Å². The number of nitrogens with zero attached hydrogens (tertiary/aromatic N) is 4. The highest BCUT2D eigenvalue weighted by Gasteiger charge is 2.46. The lowest BCUT2D eigenvalue weighted by molar-refractivity contribution is -0.0449. The first-order valence-electron chi connectivity index (χ1n) is 11.9. The molecule has 1 unspecified atom stereocenters. The van der Waals surface area contributed by atoms with Crippen LogP contribution in [0.5, 0.6) is 0 Å². The third-order valence-corrected chi connectivity index (χ3v) is 7.51. The summed E-state index contributed by atoms with van der Waals surface area (Å²) in [5.41, 5.74) is 3.95. The third-order valence-electron chi connectivity index (χ3n) is 7.51. The number of hydrogen-bond acceptors (Lipinski definition) is 6. The lowest BCUT2D eigenvalue weighted by Crippen LogP contribution is -2.44. The van der Waals surface area contributed by atoms with Crippen molar-refractivity contribution in [2.75, 3.05) is 26.4 Å². The van der Waals surface area contributed by atoms with Gasteiger partial charge in [-0.2, -0.15) is 5.11 Å². The number of benzene rings is 2. The molecule has 0 radical (unpaired) electrons. The average molecular weight is 430 g/mol. The number of ether oxygens (including phenoxy) is 1. The van der Waals surface area contributed by atoms with Crippen LogP contribution in [0.4, 0.5) is 0 Å². The molecule has 1 spiro atoms. The first-order valence-corrected chi connectivity index (χ1v) is 11.9. The van der Waals surface area contributed by atoms with E-state index < -0.39 is 0 Å². The number of aliphatic imine (C=N–C) groups is 1. The van der Waals surface area contributed by atoms with Crippen LogP contribution in [0, 0.1) is 0 Å². The number of amidine groups is 1. The van der Waals surface area contributed by atoms with Crippen molar-refractivity contribution in [1.29, 1.82) is 0 Å². The molecule has 6 nitrogen and oxygen atoms in total. The summed E-state index contributed by atoms with van der Waals surface area (Å²) in [6.07, 6.45) is 4.68. The van der Waals surface area contributed by atoms with Gasteiger partial charge >= 0.3 is 0 Å². The quantitative estimate of drug-likeness (QED) is 0.751. The number of azo groups is 1. The van der Waals surface area contributed by atoms with Crippen molar-refractivity contribution in [2.24, 2.45) is 15.2 Å². The van der Waals surface area contributed by atoms with Crippen LogP contribution in [0.15, 0.2) is 69.8 Å². The van der Waals surface area contributed by atoms with Gasteiger partial charge in [-0.25, -0.2) is 4.99 Å². The summed E-state index contributed by atoms with van der Waals surface area (Å²) >= 11 is 0. The van der Waals surface area contributed by atoms with Crippen molar-refractivity contribution >= 4 is 5.84 Å². The molecule has 2 saturated heterocycles. The highest BCUT2D eigenvalue weighted by molar-refractivity contribution is 5.99. The van der Waals surface area contributed by atoms with Crippen molar-refractivity contribution in [3.05, 3.63) is 71.3 Å². The summed E-state index contributed by atoms with van der Waals surface area (Å²) in [5.74, 6) is 1.43. The first-order chi connectivity index (χ1) is 15.8.